The Morgan fingerprint density at radius 1 is 1.40 bits per heavy atom. The lowest BCUT2D eigenvalue weighted by Crippen LogP contribution is -2.12. The summed E-state index contributed by atoms with van der Waals surface area (Å²) in [5.41, 5.74) is 10.8. The maximum Gasteiger partial charge on any atom is 0.0238 e. The number of unbranched alkanes of at least 4 members (excludes halogenated alkanes) is 1. The van der Waals surface area contributed by atoms with Gasteiger partial charge < -0.3 is 11.5 Å². The summed E-state index contributed by atoms with van der Waals surface area (Å²) in [6.45, 7) is 2.68. The first-order valence-electron chi connectivity index (χ1n) is 3.68. The Bertz CT molecular complexity index is 119. The lowest BCUT2D eigenvalue weighted by atomic mass is 10.2. The fourth-order valence-corrected chi connectivity index (χ4v) is 0.512. The minimum absolute atomic E-state index is 0.199. The Morgan fingerprint density at radius 3 is 2.60 bits per heavy atom. The third kappa shape index (κ3) is 7.48. The van der Waals surface area contributed by atoms with Crippen LogP contribution in [0.5, 0.6) is 0 Å². The molecule has 1 atom stereocenters. The van der Waals surface area contributed by atoms with Crippen LogP contribution in [0.3, 0.4) is 0 Å². The first-order chi connectivity index (χ1) is 4.77. The van der Waals surface area contributed by atoms with Gasteiger partial charge in [-0.05, 0) is 19.9 Å². The summed E-state index contributed by atoms with van der Waals surface area (Å²) in [7, 11) is 0. The number of rotatable bonds is 3. The zero-order valence-electron chi connectivity index (χ0n) is 6.56. The van der Waals surface area contributed by atoms with Crippen molar-refractivity contribution >= 4 is 0 Å². The standard InChI is InChI=1S/C8H16N2/c1-8(10)6-4-2-3-5-7-9/h8H,3,5-7,9-10H2,1H3/t8-/m0/s1. The molecule has 0 bridgehead atoms. The van der Waals surface area contributed by atoms with Crippen molar-refractivity contribution in [1.29, 1.82) is 0 Å². The topological polar surface area (TPSA) is 52.0 Å². The van der Waals surface area contributed by atoms with Crippen LogP contribution in [0, 0.1) is 11.8 Å². The third-order valence-electron chi connectivity index (χ3n) is 1.05. The normalized spacial score (nSPS) is 11.9. The molecule has 2 nitrogen and oxygen atoms in total. The van der Waals surface area contributed by atoms with Crippen molar-refractivity contribution in [1.82, 2.24) is 0 Å². The minimum Gasteiger partial charge on any atom is -0.330 e. The summed E-state index contributed by atoms with van der Waals surface area (Å²) < 4.78 is 0. The average Bonchev–Trinajstić information content (AvgIpc) is 1.87. The first kappa shape index (κ1) is 9.48. The predicted molar refractivity (Wildman–Crippen MR) is 44.3 cm³/mol. The molecule has 0 fully saturated rings. The van der Waals surface area contributed by atoms with Gasteiger partial charge in [-0.2, -0.15) is 0 Å². The quantitative estimate of drug-likeness (QED) is 0.442. The third-order valence-corrected chi connectivity index (χ3v) is 1.05. The van der Waals surface area contributed by atoms with E-state index in [4.69, 9.17) is 11.5 Å². The van der Waals surface area contributed by atoms with E-state index < -0.39 is 0 Å². The molecular weight excluding hydrogens is 124 g/mol. The van der Waals surface area contributed by atoms with Gasteiger partial charge in [0.1, 0.15) is 0 Å². The van der Waals surface area contributed by atoms with Crippen LogP contribution in [-0.4, -0.2) is 12.6 Å². The van der Waals surface area contributed by atoms with Gasteiger partial charge in [0.15, 0.2) is 0 Å². The van der Waals surface area contributed by atoms with Crippen molar-refractivity contribution in [3.63, 3.8) is 0 Å². The molecule has 0 aromatic heterocycles. The molecular formula is C8H16N2. The Labute approximate surface area is 63.0 Å². The van der Waals surface area contributed by atoms with Crippen molar-refractivity contribution in [2.24, 2.45) is 11.5 Å². The molecule has 4 N–H and O–H groups in total. The van der Waals surface area contributed by atoms with Gasteiger partial charge in [0, 0.05) is 18.9 Å². The summed E-state index contributed by atoms with van der Waals surface area (Å²) in [6, 6.07) is 0.199. The van der Waals surface area contributed by atoms with Crippen molar-refractivity contribution < 1.29 is 0 Å². The predicted octanol–water partition coefficient (Wildman–Crippen LogP) is 0.466. The average molecular weight is 140 g/mol. The minimum atomic E-state index is 0.199. The van der Waals surface area contributed by atoms with Gasteiger partial charge in [-0.1, -0.05) is 0 Å². The Balaban J connectivity index is 3.14. The molecule has 0 aromatic rings. The van der Waals surface area contributed by atoms with Crippen molar-refractivity contribution in [2.75, 3.05) is 6.54 Å². The van der Waals surface area contributed by atoms with E-state index in [-0.39, 0.29) is 6.04 Å². The van der Waals surface area contributed by atoms with Gasteiger partial charge in [0.25, 0.3) is 0 Å². The highest BCUT2D eigenvalue weighted by Crippen LogP contribution is 1.85. The summed E-state index contributed by atoms with van der Waals surface area (Å²) in [5.74, 6) is 6.00. The molecule has 2 heteroatoms. The molecule has 58 valence electrons. The molecule has 0 amide bonds. The highest BCUT2D eigenvalue weighted by molar-refractivity contribution is 5.00. The summed E-state index contributed by atoms with van der Waals surface area (Å²) in [5, 5.41) is 0. The van der Waals surface area contributed by atoms with E-state index in [2.05, 4.69) is 11.8 Å². The second-order valence-electron chi connectivity index (χ2n) is 2.43. The van der Waals surface area contributed by atoms with E-state index in [1.165, 1.54) is 0 Å². The molecule has 0 unspecified atom stereocenters. The molecule has 0 aromatic carbocycles. The maximum atomic E-state index is 5.48. The lowest BCUT2D eigenvalue weighted by molar-refractivity contribution is 0.769. The molecule has 10 heavy (non-hydrogen) atoms. The maximum absolute atomic E-state index is 5.48. The summed E-state index contributed by atoms with van der Waals surface area (Å²) in [4.78, 5) is 0. The van der Waals surface area contributed by atoms with Crippen molar-refractivity contribution in [3.8, 4) is 11.8 Å². The fourth-order valence-electron chi connectivity index (χ4n) is 0.512. The molecule has 0 aliphatic heterocycles. The monoisotopic (exact) mass is 140 g/mol. The SMILES string of the molecule is C[C@H](N)CC#CCCCN. The van der Waals surface area contributed by atoms with Crippen molar-refractivity contribution in [3.05, 3.63) is 0 Å². The molecule has 0 saturated carbocycles. The van der Waals surface area contributed by atoms with E-state index in [9.17, 15) is 0 Å². The van der Waals surface area contributed by atoms with Crippen LogP contribution in [0.15, 0.2) is 0 Å². The summed E-state index contributed by atoms with van der Waals surface area (Å²) >= 11 is 0. The van der Waals surface area contributed by atoms with Crippen LogP contribution in [0.4, 0.5) is 0 Å². The molecule has 0 heterocycles. The molecule has 0 radical (unpaired) electrons. The first-order valence-corrected chi connectivity index (χ1v) is 3.68. The van der Waals surface area contributed by atoms with Crippen LogP contribution in [-0.2, 0) is 0 Å². The Morgan fingerprint density at radius 2 is 2.10 bits per heavy atom. The highest BCUT2D eigenvalue weighted by Gasteiger charge is 1.85. The van der Waals surface area contributed by atoms with E-state index in [1.807, 2.05) is 6.92 Å². The number of hydrogen-bond donors (Lipinski definition) is 2. The van der Waals surface area contributed by atoms with Crippen LogP contribution in [0.2, 0.25) is 0 Å². The number of nitrogens with two attached hydrogens (primary N) is 2. The van der Waals surface area contributed by atoms with Crippen LogP contribution < -0.4 is 11.5 Å². The second-order valence-corrected chi connectivity index (χ2v) is 2.43. The van der Waals surface area contributed by atoms with Gasteiger partial charge in [0.05, 0.1) is 0 Å². The molecule has 0 aliphatic rings. The smallest absolute Gasteiger partial charge is 0.0238 e. The molecule has 0 aliphatic carbocycles. The Hall–Kier alpha value is -0.520. The Kier molecular flexibility index (Phi) is 6.25. The molecule has 0 saturated heterocycles. The van der Waals surface area contributed by atoms with E-state index >= 15 is 0 Å². The van der Waals surface area contributed by atoms with Crippen LogP contribution in [0.1, 0.15) is 26.2 Å². The zero-order valence-corrected chi connectivity index (χ0v) is 6.56. The van der Waals surface area contributed by atoms with Gasteiger partial charge in [0.2, 0.25) is 0 Å². The van der Waals surface area contributed by atoms with Gasteiger partial charge in [-0.25, -0.2) is 0 Å². The largest absolute Gasteiger partial charge is 0.330 e. The van der Waals surface area contributed by atoms with Gasteiger partial charge in [-0.3, -0.25) is 0 Å². The van der Waals surface area contributed by atoms with E-state index in [1.54, 1.807) is 0 Å². The zero-order chi connectivity index (χ0) is 7.82. The van der Waals surface area contributed by atoms with Crippen molar-refractivity contribution in [2.45, 2.75) is 32.2 Å². The van der Waals surface area contributed by atoms with Gasteiger partial charge >= 0.3 is 0 Å². The lowest BCUT2D eigenvalue weighted by Gasteiger charge is -1.93. The van der Waals surface area contributed by atoms with Crippen LogP contribution in [0.25, 0.3) is 0 Å². The van der Waals surface area contributed by atoms with Gasteiger partial charge in [-0.15, -0.1) is 11.8 Å². The number of hydrogen-bond acceptors (Lipinski definition) is 2. The second kappa shape index (κ2) is 6.60. The molecule has 0 spiro atoms. The summed E-state index contributed by atoms with van der Waals surface area (Å²) in [6.07, 6.45) is 2.69. The highest BCUT2D eigenvalue weighted by atomic mass is 14.6. The fraction of sp³-hybridized carbons (Fsp3) is 0.750. The molecule has 0 rings (SSSR count). The van der Waals surface area contributed by atoms with E-state index in [0.29, 0.717) is 0 Å². The van der Waals surface area contributed by atoms with E-state index in [0.717, 1.165) is 25.8 Å². The van der Waals surface area contributed by atoms with Crippen LogP contribution >= 0.6 is 0 Å².